The predicted octanol–water partition coefficient (Wildman–Crippen LogP) is 3.74. The third-order valence-electron chi connectivity index (χ3n) is 5.23. The van der Waals surface area contributed by atoms with Crippen LogP contribution in [0.5, 0.6) is 5.75 Å². The van der Waals surface area contributed by atoms with Gasteiger partial charge in [0.1, 0.15) is 11.6 Å². The van der Waals surface area contributed by atoms with Crippen LogP contribution in [0, 0.1) is 5.92 Å². The van der Waals surface area contributed by atoms with Gasteiger partial charge in [0.25, 0.3) is 0 Å². The number of aromatic nitrogens is 2. The molecule has 4 rings (SSSR count). The Morgan fingerprint density at radius 1 is 1.04 bits per heavy atom. The van der Waals surface area contributed by atoms with Crippen molar-refractivity contribution < 1.29 is 4.74 Å². The molecule has 0 unspecified atom stereocenters. The van der Waals surface area contributed by atoms with Crippen molar-refractivity contribution in [2.24, 2.45) is 5.92 Å². The maximum absolute atomic E-state index is 6.11. The van der Waals surface area contributed by atoms with E-state index in [0.717, 1.165) is 48.6 Å². The number of rotatable bonds is 5. The molecule has 1 aliphatic rings. The van der Waals surface area contributed by atoms with Crippen LogP contribution in [0.3, 0.4) is 0 Å². The Labute approximate surface area is 169 Å². The summed E-state index contributed by atoms with van der Waals surface area (Å²) < 4.78 is 6.11. The zero-order chi connectivity index (χ0) is 19.5. The summed E-state index contributed by atoms with van der Waals surface area (Å²) >= 11 is 5.96. The minimum absolute atomic E-state index is 0.176. The molecule has 0 atom stereocenters. The molecule has 3 aromatic rings. The normalized spacial score (nSPS) is 15.8. The first-order valence-corrected chi connectivity index (χ1v) is 9.87. The second-order valence-electron chi connectivity index (χ2n) is 7.27. The monoisotopic (exact) mass is 397 g/mol. The fraction of sp³-hybridized carbons (Fsp3) is 0.333. The molecule has 4 N–H and O–H groups in total. The van der Waals surface area contributed by atoms with Gasteiger partial charge in [-0.15, -0.1) is 0 Å². The highest BCUT2D eigenvalue weighted by Gasteiger charge is 2.20. The van der Waals surface area contributed by atoms with E-state index >= 15 is 0 Å². The van der Waals surface area contributed by atoms with Gasteiger partial charge in [0.2, 0.25) is 5.95 Å². The van der Waals surface area contributed by atoms with Gasteiger partial charge < -0.3 is 16.2 Å². The molecule has 0 bridgehead atoms. The number of nitrogen functional groups attached to an aromatic ring is 2. The molecule has 2 aromatic carbocycles. The Hall–Kier alpha value is -2.57. The average Bonchev–Trinajstić information content (AvgIpc) is 2.69. The van der Waals surface area contributed by atoms with E-state index in [1.165, 1.54) is 5.56 Å². The van der Waals surface area contributed by atoms with Crippen molar-refractivity contribution in [2.45, 2.75) is 19.4 Å². The third-order valence-corrected chi connectivity index (χ3v) is 5.48. The molecular formula is C21H24ClN5O. The third kappa shape index (κ3) is 4.29. The van der Waals surface area contributed by atoms with Gasteiger partial charge in [-0.2, -0.15) is 4.98 Å². The van der Waals surface area contributed by atoms with Crippen LogP contribution in [0.25, 0.3) is 10.9 Å². The summed E-state index contributed by atoms with van der Waals surface area (Å²) in [6, 6.07) is 13.8. The summed E-state index contributed by atoms with van der Waals surface area (Å²) in [6.45, 7) is 3.75. The van der Waals surface area contributed by atoms with E-state index in [2.05, 4.69) is 27.0 Å². The van der Waals surface area contributed by atoms with E-state index in [0.29, 0.717) is 23.9 Å². The molecule has 7 heteroatoms. The number of nitrogens with zero attached hydrogens (tertiary/aromatic N) is 3. The lowest BCUT2D eigenvalue weighted by Crippen LogP contribution is -2.35. The first-order valence-electron chi connectivity index (χ1n) is 9.50. The molecule has 0 radical (unpaired) electrons. The highest BCUT2D eigenvalue weighted by Crippen LogP contribution is 2.30. The minimum Gasteiger partial charge on any atom is -0.492 e. The Morgan fingerprint density at radius 3 is 2.54 bits per heavy atom. The summed E-state index contributed by atoms with van der Waals surface area (Å²) in [5.74, 6) is 1.78. The van der Waals surface area contributed by atoms with Gasteiger partial charge in [0.05, 0.1) is 17.5 Å². The quantitative estimate of drug-likeness (QED) is 0.681. The molecular weight excluding hydrogens is 374 g/mol. The molecule has 0 spiro atoms. The second-order valence-corrected chi connectivity index (χ2v) is 7.71. The first-order chi connectivity index (χ1) is 13.6. The standard InChI is InChI=1S/C21H24ClN5O/c22-16-6-4-14(5-7-16)12-27-10-8-15(9-11-27)13-28-18-3-1-2-17-19(18)20(23)26-21(24)25-17/h1-7,15H,8-13H2,(H4,23,24,25,26). The number of halogens is 1. The van der Waals surface area contributed by atoms with E-state index in [1.54, 1.807) is 0 Å². The van der Waals surface area contributed by atoms with Crippen molar-refractivity contribution in [3.8, 4) is 5.75 Å². The van der Waals surface area contributed by atoms with Crippen LogP contribution < -0.4 is 16.2 Å². The number of benzene rings is 2. The Bertz CT molecular complexity index is 955. The van der Waals surface area contributed by atoms with Gasteiger partial charge in [-0.05, 0) is 61.7 Å². The number of fused-ring (bicyclic) bond motifs is 1. The van der Waals surface area contributed by atoms with E-state index in [-0.39, 0.29) is 5.95 Å². The van der Waals surface area contributed by atoms with Gasteiger partial charge in [-0.3, -0.25) is 4.90 Å². The number of hydrogen-bond donors (Lipinski definition) is 2. The molecule has 1 aromatic heterocycles. The van der Waals surface area contributed by atoms with Gasteiger partial charge in [0, 0.05) is 11.6 Å². The number of ether oxygens (including phenoxy) is 1. The van der Waals surface area contributed by atoms with Crippen molar-refractivity contribution >= 4 is 34.3 Å². The summed E-state index contributed by atoms with van der Waals surface area (Å²) in [4.78, 5) is 10.8. The average molecular weight is 398 g/mol. The van der Waals surface area contributed by atoms with Crippen LogP contribution in [0.1, 0.15) is 18.4 Å². The largest absolute Gasteiger partial charge is 0.492 e. The zero-order valence-corrected chi connectivity index (χ0v) is 16.4. The lowest BCUT2D eigenvalue weighted by Gasteiger charge is -2.32. The maximum atomic E-state index is 6.11. The summed E-state index contributed by atoms with van der Waals surface area (Å²) in [5, 5.41) is 1.51. The van der Waals surface area contributed by atoms with Gasteiger partial charge in [0.15, 0.2) is 0 Å². The number of nitrogens with two attached hydrogens (primary N) is 2. The van der Waals surface area contributed by atoms with Gasteiger partial charge >= 0.3 is 0 Å². The predicted molar refractivity (Wildman–Crippen MR) is 113 cm³/mol. The van der Waals surface area contributed by atoms with Crippen molar-refractivity contribution in [2.75, 3.05) is 31.2 Å². The van der Waals surface area contributed by atoms with E-state index in [4.69, 9.17) is 27.8 Å². The fourth-order valence-corrected chi connectivity index (χ4v) is 3.81. The van der Waals surface area contributed by atoms with Crippen molar-refractivity contribution in [3.05, 3.63) is 53.1 Å². The molecule has 1 saturated heterocycles. The highest BCUT2D eigenvalue weighted by molar-refractivity contribution is 6.30. The van der Waals surface area contributed by atoms with Crippen LogP contribution in [-0.4, -0.2) is 34.6 Å². The van der Waals surface area contributed by atoms with Gasteiger partial charge in [-0.1, -0.05) is 29.8 Å². The SMILES string of the molecule is Nc1nc(N)c2c(OCC3CCN(Cc4ccc(Cl)cc4)CC3)cccc2n1. The van der Waals surface area contributed by atoms with E-state index in [1.807, 2.05) is 30.3 Å². The highest BCUT2D eigenvalue weighted by atomic mass is 35.5. The molecule has 0 saturated carbocycles. The summed E-state index contributed by atoms with van der Waals surface area (Å²) in [5.41, 5.74) is 13.7. The Balaban J connectivity index is 1.33. The molecule has 6 nitrogen and oxygen atoms in total. The Morgan fingerprint density at radius 2 is 1.79 bits per heavy atom. The number of piperidine rings is 1. The van der Waals surface area contributed by atoms with Crippen LogP contribution in [-0.2, 0) is 6.54 Å². The van der Waals surface area contributed by atoms with Crippen LogP contribution >= 0.6 is 11.6 Å². The van der Waals surface area contributed by atoms with E-state index in [9.17, 15) is 0 Å². The molecule has 0 aliphatic carbocycles. The smallest absolute Gasteiger partial charge is 0.222 e. The lowest BCUT2D eigenvalue weighted by atomic mass is 9.97. The Kier molecular flexibility index (Phi) is 5.50. The zero-order valence-electron chi connectivity index (χ0n) is 15.6. The van der Waals surface area contributed by atoms with Crippen molar-refractivity contribution in [1.82, 2.24) is 14.9 Å². The molecule has 146 valence electrons. The van der Waals surface area contributed by atoms with Crippen molar-refractivity contribution in [1.29, 1.82) is 0 Å². The lowest BCUT2D eigenvalue weighted by molar-refractivity contribution is 0.137. The van der Waals surface area contributed by atoms with Crippen LogP contribution in [0.15, 0.2) is 42.5 Å². The first kappa shape index (κ1) is 18.8. The fourth-order valence-electron chi connectivity index (χ4n) is 3.69. The topological polar surface area (TPSA) is 90.3 Å². The molecule has 2 heterocycles. The van der Waals surface area contributed by atoms with Gasteiger partial charge in [-0.25, -0.2) is 4.98 Å². The molecule has 28 heavy (non-hydrogen) atoms. The summed E-state index contributed by atoms with van der Waals surface area (Å²) in [6.07, 6.45) is 2.22. The number of anilines is 2. The van der Waals surface area contributed by atoms with E-state index < -0.39 is 0 Å². The molecule has 1 fully saturated rings. The maximum Gasteiger partial charge on any atom is 0.222 e. The van der Waals surface area contributed by atoms with Crippen LogP contribution in [0.2, 0.25) is 5.02 Å². The van der Waals surface area contributed by atoms with Crippen molar-refractivity contribution in [3.63, 3.8) is 0 Å². The molecule has 1 aliphatic heterocycles. The number of hydrogen-bond acceptors (Lipinski definition) is 6. The minimum atomic E-state index is 0.176. The molecule has 0 amide bonds. The number of likely N-dealkylation sites (tertiary alicyclic amines) is 1. The van der Waals surface area contributed by atoms with Crippen LogP contribution in [0.4, 0.5) is 11.8 Å². The second kappa shape index (κ2) is 8.20. The summed E-state index contributed by atoms with van der Waals surface area (Å²) in [7, 11) is 0.